The van der Waals surface area contributed by atoms with Crippen LogP contribution in [0.5, 0.6) is 0 Å². The van der Waals surface area contributed by atoms with Crippen LogP contribution in [0, 0.1) is 5.92 Å². The molecule has 0 aromatic heterocycles. The maximum atomic E-state index is 6.22. The molecule has 0 spiro atoms. The summed E-state index contributed by atoms with van der Waals surface area (Å²) in [6, 6.07) is 3.87. The summed E-state index contributed by atoms with van der Waals surface area (Å²) < 4.78 is 5.37. The van der Waals surface area contributed by atoms with Crippen molar-refractivity contribution in [1.29, 1.82) is 0 Å². The molecular weight excluding hydrogens is 305 g/mol. The van der Waals surface area contributed by atoms with Gasteiger partial charge in [0.15, 0.2) is 0 Å². The molecule has 1 aromatic rings. The molecule has 1 aliphatic rings. The van der Waals surface area contributed by atoms with E-state index in [2.05, 4.69) is 12.2 Å². The zero-order valence-corrected chi connectivity index (χ0v) is 13.2. The monoisotopic (exact) mass is 321 g/mol. The lowest BCUT2D eigenvalue weighted by molar-refractivity contribution is 0.184. The van der Waals surface area contributed by atoms with Crippen molar-refractivity contribution in [1.82, 2.24) is 5.32 Å². The Labute approximate surface area is 129 Å². The first-order valence-electron chi connectivity index (χ1n) is 6.54. The van der Waals surface area contributed by atoms with E-state index in [4.69, 9.17) is 39.5 Å². The van der Waals surface area contributed by atoms with E-state index < -0.39 is 0 Å². The van der Waals surface area contributed by atoms with E-state index in [1.165, 1.54) is 6.42 Å². The molecule has 19 heavy (non-hydrogen) atoms. The molecule has 106 valence electrons. The molecule has 0 saturated carbocycles. The fraction of sp³-hybridized carbons (Fsp3) is 0.571. The molecule has 1 aromatic carbocycles. The van der Waals surface area contributed by atoms with Crippen molar-refractivity contribution in [3.05, 3.63) is 32.8 Å². The zero-order chi connectivity index (χ0) is 13.8. The highest BCUT2D eigenvalue weighted by atomic mass is 35.5. The van der Waals surface area contributed by atoms with E-state index >= 15 is 0 Å². The van der Waals surface area contributed by atoms with Crippen LogP contribution in [0.2, 0.25) is 15.1 Å². The van der Waals surface area contributed by atoms with E-state index in [-0.39, 0.29) is 6.04 Å². The van der Waals surface area contributed by atoms with Crippen molar-refractivity contribution in [2.45, 2.75) is 25.8 Å². The van der Waals surface area contributed by atoms with Crippen molar-refractivity contribution in [3.63, 3.8) is 0 Å². The summed E-state index contributed by atoms with van der Waals surface area (Å²) in [4.78, 5) is 0. The minimum absolute atomic E-state index is 0.157. The molecule has 5 heteroatoms. The molecule has 1 aliphatic heterocycles. The Morgan fingerprint density at radius 2 is 2.11 bits per heavy atom. The van der Waals surface area contributed by atoms with Crippen LogP contribution in [-0.2, 0) is 4.74 Å². The summed E-state index contributed by atoms with van der Waals surface area (Å²) in [5.41, 5.74) is 0.985. The van der Waals surface area contributed by atoms with E-state index in [9.17, 15) is 0 Å². The van der Waals surface area contributed by atoms with Crippen LogP contribution in [0.25, 0.3) is 0 Å². The third-order valence-corrected chi connectivity index (χ3v) is 4.87. The quantitative estimate of drug-likeness (QED) is 0.792. The lowest BCUT2D eigenvalue weighted by Crippen LogP contribution is -2.22. The number of halogens is 3. The van der Waals surface area contributed by atoms with Gasteiger partial charge in [0.2, 0.25) is 0 Å². The molecule has 0 amide bonds. The fourth-order valence-corrected chi connectivity index (χ4v) is 3.01. The van der Waals surface area contributed by atoms with Crippen molar-refractivity contribution in [2.24, 2.45) is 5.92 Å². The Bertz CT molecular complexity index is 433. The van der Waals surface area contributed by atoms with Gasteiger partial charge in [-0.15, -0.1) is 0 Å². The van der Waals surface area contributed by atoms with Gasteiger partial charge in [0.25, 0.3) is 0 Å². The number of benzene rings is 1. The number of nitrogens with one attached hydrogen (secondary N) is 1. The number of ether oxygens (including phenoxy) is 1. The van der Waals surface area contributed by atoms with Gasteiger partial charge in [0, 0.05) is 19.3 Å². The summed E-state index contributed by atoms with van der Waals surface area (Å²) in [6.45, 7) is 4.82. The second-order valence-corrected chi connectivity index (χ2v) is 6.12. The van der Waals surface area contributed by atoms with Gasteiger partial charge < -0.3 is 10.1 Å². The third kappa shape index (κ3) is 3.99. The van der Waals surface area contributed by atoms with Crippen LogP contribution in [0.4, 0.5) is 0 Å². The normalized spacial score (nSPS) is 20.7. The maximum Gasteiger partial charge on any atom is 0.0781 e. The van der Waals surface area contributed by atoms with Crippen LogP contribution >= 0.6 is 34.8 Å². The molecule has 2 rings (SSSR count). The molecule has 2 atom stereocenters. The first kappa shape index (κ1) is 15.4. The second kappa shape index (κ2) is 7.14. The van der Waals surface area contributed by atoms with Gasteiger partial charge in [-0.2, -0.15) is 0 Å². The summed E-state index contributed by atoms with van der Waals surface area (Å²) in [7, 11) is 0. The smallest absolute Gasteiger partial charge is 0.0781 e. The largest absolute Gasteiger partial charge is 0.381 e. The van der Waals surface area contributed by atoms with Gasteiger partial charge in [0.05, 0.1) is 15.1 Å². The standard InChI is InChI=1S/C14H18Cl3NO/c1-9(18-6-4-10-5-7-19-8-10)11-2-3-12(15)14(17)13(11)16/h2-3,9-10,18H,4-8H2,1H3. The van der Waals surface area contributed by atoms with Crippen molar-refractivity contribution >= 4 is 34.8 Å². The fourth-order valence-electron chi connectivity index (χ4n) is 2.30. The Morgan fingerprint density at radius 3 is 2.79 bits per heavy atom. The zero-order valence-electron chi connectivity index (χ0n) is 10.9. The summed E-state index contributed by atoms with van der Waals surface area (Å²) in [5.74, 6) is 0.684. The third-order valence-electron chi connectivity index (χ3n) is 3.56. The minimum Gasteiger partial charge on any atom is -0.381 e. The van der Waals surface area contributed by atoms with Crippen LogP contribution in [-0.4, -0.2) is 19.8 Å². The minimum atomic E-state index is 0.157. The lowest BCUT2D eigenvalue weighted by Gasteiger charge is -2.18. The first-order valence-corrected chi connectivity index (χ1v) is 7.67. The average Bonchev–Trinajstić information content (AvgIpc) is 2.89. The molecular formula is C14H18Cl3NO. The SMILES string of the molecule is CC(NCCC1CCOC1)c1ccc(Cl)c(Cl)c1Cl. The van der Waals surface area contributed by atoms with E-state index in [0.717, 1.165) is 31.7 Å². The first-order chi connectivity index (χ1) is 9.09. The number of hydrogen-bond donors (Lipinski definition) is 1. The summed E-state index contributed by atoms with van der Waals surface area (Å²) >= 11 is 18.2. The molecule has 0 aliphatic carbocycles. The summed E-state index contributed by atoms with van der Waals surface area (Å²) in [5, 5.41) is 4.93. The van der Waals surface area contributed by atoms with Crippen molar-refractivity contribution in [2.75, 3.05) is 19.8 Å². The number of rotatable bonds is 5. The maximum absolute atomic E-state index is 6.22. The highest BCUT2D eigenvalue weighted by Crippen LogP contribution is 2.35. The van der Waals surface area contributed by atoms with Gasteiger partial charge in [0.1, 0.15) is 0 Å². The van der Waals surface area contributed by atoms with Crippen LogP contribution in [0.1, 0.15) is 31.4 Å². The molecule has 2 nitrogen and oxygen atoms in total. The van der Waals surface area contributed by atoms with Gasteiger partial charge in [-0.05, 0) is 43.9 Å². The second-order valence-electron chi connectivity index (χ2n) is 4.96. The molecule has 1 fully saturated rings. The Kier molecular flexibility index (Phi) is 5.79. The van der Waals surface area contributed by atoms with Crippen molar-refractivity contribution in [3.8, 4) is 0 Å². The average molecular weight is 323 g/mol. The van der Waals surface area contributed by atoms with Gasteiger partial charge in [-0.3, -0.25) is 0 Å². The predicted octanol–water partition coefficient (Wildman–Crippen LogP) is 4.72. The summed E-state index contributed by atoms with van der Waals surface area (Å²) in [6.07, 6.45) is 2.30. The molecule has 0 radical (unpaired) electrons. The highest BCUT2D eigenvalue weighted by molar-refractivity contribution is 6.48. The predicted molar refractivity (Wildman–Crippen MR) is 81.4 cm³/mol. The highest BCUT2D eigenvalue weighted by Gasteiger charge is 2.17. The van der Waals surface area contributed by atoms with Crippen molar-refractivity contribution < 1.29 is 4.74 Å². The molecule has 0 bridgehead atoms. The number of hydrogen-bond acceptors (Lipinski definition) is 2. The molecule has 1 heterocycles. The Balaban J connectivity index is 1.88. The van der Waals surface area contributed by atoms with Crippen LogP contribution < -0.4 is 5.32 Å². The topological polar surface area (TPSA) is 21.3 Å². The Morgan fingerprint density at radius 1 is 1.32 bits per heavy atom. The van der Waals surface area contributed by atoms with E-state index in [1.807, 2.05) is 6.07 Å². The molecule has 2 unspecified atom stereocenters. The molecule has 1 saturated heterocycles. The van der Waals surface area contributed by atoms with E-state index in [1.54, 1.807) is 6.07 Å². The lowest BCUT2D eigenvalue weighted by atomic mass is 10.0. The van der Waals surface area contributed by atoms with Crippen LogP contribution in [0.3, 0.4) is 0 Å². The van der Waals surface area contributed by atoms with Gasteiger partial charge >= 0.3 is 0 Å². The van der Waals surface area contributed by atoms with E-state index in [0.29, 0.717) is 21.0 Å². The van der Waals surface area contributed by atoms with Crippen LogP contribution in [0.15, 0.2) is 12.1 Å². The molecule has 1 N–H and O–H groups in total. The van der Waals surface area contributed by atoms with Gasteiger partial charge in [-0.1, -0.05) is 40.9 Å². The van der Waals surface area contributed by atoms with Gasteiger partial charge in [-0.25, -0.2) is 0 Å². The Hall–Kier alpha value is 0.01000.